The van der Waals surface area contributed by atoms with Gasteiger partial charge in [-0.3, -0.25) is 20.0 Å². The fraction of sp³-hybridized carbons (Fsp3) is 0.333. The molecule has 0 spiro atoms. The SMILES string of the molecule is Cc1nc(C2CN(Cc3ccc(-c4ccccn4)nc3)CCO2)n[nH]1. The molecule has 0 bridgehead atoms. The van der Waals surface area contributed by atoms with Gasteiger partial charge in [-0.05, 0) is 30.7 Å². The van der Waals surface area contributed by atoms with Gasteiger partial charge in [0.1, 0.15) is 11.9 Å². The highest BCUT2D eigenvalue weighted by Gasteiger charge is 2.25. The van der Waals surface area contributed by atoms with E-state index in [0.717, 1.165) is 42.7 Å². The minimum absolute atomic E-state index is 0.0838. The Balaban J connectivity index is 1.41. The van der Waals surface area contributed by atoms with E-state index in [-0.39, 0.29) is 6.10 Å². The number of nitrogens with zero attached hydrogens (tertiary/aromatic N) is 5. The zero-order valence-corrected chi connectivity index (χ0v) is 14.1. The Kier molecular flexibility index (Phi) is 4.49. The van der Waals surface area contributed by atoms with Crippen molar-refractivity contribution in [1.82, 2.24) is 30.0 Å². The Labute approximate surface area is 146 Å². The molecular weight excluding hydrogens is 316 g/mol. The molecule has 7 heteroatoms. The molecule has 1 aliphatic heterocycles. The van der Waals surface area contributed by atoms with Crippen molar-refractivity contribution in [1.29, 1.82) is 0 Å². The average molecular weight is 336 g/mol. The first-order chi connectivity index (χ1) is 12.3. The zero-order valence-electron chi connectivity index (χ0n) is 14.1. The Morgan fingerprint density at radius 3 is 2.84 bits per heavy atom. The maximum atomic E-state index is 5.81. The van der Waals surface area contributed by atoms with E-state index < -0.39 is 0 Å². The number of aryl methyl sites for hydroxylation is 1. The summed E-state index contributed by atoms with van der Waals surface area (Å²) in [7, 11) is 0. The predicted molar refractivity (Wildman–Crippen MR) is 92.6 cm³/mol. The van der Waals surface area contributed by atoms with Crippen molar-refractivity contribution in [2.75, 3.05) is 19.7 Å². The molecular formula is C18H20N6O. The number of rotatable bonds is 4. The number of morpholine rings is 1. The standard InChI is InChI=1S/C18H20N6O/c1-13-21-18(23-22-13)17-12-24(8-9-25-17)11-14-5-6-16(20-10-14)15-4-2-3-7-19-15/h2-7,10,17H,8-9,11-12H2,1H3,(H,21,22,23). The Morgan fingerprint density at radius 2 is 2.12 bits per heavy atom. The molecule has 1 N–H and O–H groups in total. The van der Waals surface area contributed by atoms with Gasteiger partial charge < -0.3 is 4.74 Å². The van der Waals surface area contributed by atoms with Crippen molar-refractivity contribution in [2.45, 2.75) is 19.6 Å². The minimum atomic E-state index is -0.0838. The van der Waals surface area contributed by atoms with E-state index in [1.807, 2.05) is 37.4 Å². The summed E-state index contributed by atoms with van der Waals surface area (Å²) in [5.41, 5.74) is 2.95. The highest BCUT2D eigenvalue weighted by atomic mass is 16.5. The number of hydrogen-bond donors (Lipinski definition) is 1. The molecule has 0 aromatic carbocycles. The second-order valence-corrected chi connectivity index (χ2v) is 6.14. The van der Waals surface area contributed by atoms with Crippen molar-refractivity contribution in [3.63, 3.8) is 0 Å². The maximum absolute atomic E-state index is 5.81. The number of pyridine rings is 2. The van der Waals surface area contributed by atoms with Crippen LogP contribution in [0.1, 0.15) is 23.3 Å². The summed E-state index contributed by atoms with van der Waals surface area (Å²) in [5.74, 6) is 1.54. The topological polar surface area (TPSA) is 79.8 Å². The van der Waals surface area contributed by atoms with E-state index in [2.05, 4.69) is 36.1 Å². The Morgan fingerprint density at radius 1 is 1.20 bits per heavy atom. The summed E-state index contributed by atoms with van der Waals surface area (Å²) in [5, 5.41) is 7.10. The summed E-state index contributed by atoms with van der Waals surface area (Å²) in [4.78, 5) is 15.6. The lowest BCUT2D eigenvalue weighted by Crippen LogP contribution is -2.38. The molecule has 0 amide bonds. The molecule has 4 heterocycles. The van der Waals surface area contributed by atoms with Gasteiger partial charge in [0.25, 0.3) is 0 Å². The molecule has 4 rings (SSSR count). The lowest BCUT2D eigenvalue weighted by Gasteiger charge is -2.31. The normalized spacial score (nSPS) is 18.4. The van der Waals surface area contributed by atoms with E-state index in [4.69, 9.17) is 4.74 Å². The molecule has 1 atom stereocenters. The third-order valence-corrected chi connectivity index (χ3v) is 4.21. The molecule has 25 heavy (non-hydrogen) atoms. The third kappa shape index (κ3) is 3.72. The molecule has 0 radical (unpaired) electrons. The molecule has 7 nitrogen and oxygen atoms in total. The number of aromatic amines is 1. The molecule has 1 unspecified atom stereocenters. The summed E-state index contributed by atoms with van der Waals surface area (Å²) < 4.78 is 5.81. The van der Waals surface area contributed by atoms with Crippen LogP contribution in [-0.2, 0) is 11.3 Å². The summed E-state index contributed by atoms with van der Waals surface area (Å²) >= 11 is 0. The summed E-state index contributed by atoms with van der Waals surface area (Å²) in [6.45, 7) is 5.07. The molecule has 0 aliphatic carbocycles. The minimum Gasteiger partial charge on any atom is -0.367 e. The van der Waals surface area contributed by atoms with Gasteiger partial charge in [-0.25, -0.2) is 4.98 Å². The maximum Gasteiger partial charge on any atom is 0.180 e. The van der Waals surface area contributed by atoms with E-state index in [1.54, 1.807) is 6.20 Å². The van der Waals surface area contributed by atoms with Crippen LogP contribution in [0.25, 0.3) is 11.4 Å². The summed E-state index contributed by atoms with van der Waals surface area (Å²) in [6.07, 6.45) is 3.62. The second-order valence-electron chi connectivity index (χ2n) is 6.14. The first kappa shape index (κ1) is 15.9. The fourth-order valence-electron chi connectivity index (χ4n) is 2.95. The number of ether oxygens (including phenoxy) is 1. The monoisotopic (exact) mass is 336 g/mol. The average Bonchev–Trinajstić information content (AvgIpc) is 3.10. The summed E-state index contributed by atoms with van der Waals surface area (Å²) in [6, 6.07) is 9.97. The Bertz CT molecular complexity index is 817. The van der Waals surface area contributed by atoms with E-state index >= 15 is 0 Å². The van der Waals surface area contributed by atoms with Gasteiger partial charge >= 0.3 is 0 Å². The number of nitrogens with one attached hydrogen (secondary N) is 1. The van der Waals surface area contributed by atoms with Crippen LogP contribution in [0, 0.1) is 6.92 Å². The van der Waals surface area contributed by atoms with Crippen LogP contribution in [0.5, 0.6) is 0 Å². The molecule has 128 valence electrons. The van der Waals surface area contributed by atoms with E-state index in [9.17, 15) is 0 Å². The predicted octanol–water partition coefficient (Wildman–Crippen LogP) is 2.14. The van der Waals surface area contributed by atoms with Gasteiger partial charge in [-0.2, -0.15) is 5.10 Å². The molecule has 3 aromatic rings. The van der Waals surface area contributed by atoms with Crippen molar-refractivity contribution < 1.29 is 4.74 Å². The van der Waals surface area contributed by atoms with Gasteiger partial charge in [-0.1, -0.05) is 12.1 Å². The van der Waals surface area contributed by atoms with Crippen molar-refractivity contribution in [3.8, 4) is 11.4 Å². The molecule has 1 saturated heterocycles. The molecule has 1 fully saturated rings. The van der Waals surface area contributed by atoms with Crippen molar-refractivity contribution >= 4 is 0 Å². The van der Waals surface area contributed by atoms with Gasteiger partial charge in [0.2, 0.25) is 0 Å². The van der Waals surface area contributed by atoms with E-state index in [0.29, 0.717) is 6.61 Å². The fourth-order valence-corrected chi connectivity index (χ4v) is 2.95. The Hall–Kier alpha value is -2.64. The van der Waals surface area contributed by atoms with Crippen molar-refractivity contribution in [2.24, 2.45) is 0 Å². The van der Waals surface area contributed by atoms with Crippen LogP contribution >= 0.6 is 0 Å². The first-order valence-corrected chi connectivity index (χ1v) is 8.37. The molecule has 0 saturated carbocycles. The van der Waals surface area contributed by atoms with Crippen LogP contribution in [0.4, 0.5) is 0 Å². The smallest absolute Gasteiger partial charge is 0.180 e. The van der Waals surface area contributed by atoms with Crippen molar-refractivity contribution in [3.05, 3.63) is 59.9 Å². The van der Waals surface area contributed by atoms with Crippen LogP contribution in [0.15, 0.2) is 42.7 Å². The quantitative estimate of drug-likeness (QED) is 0.786. The number of hydrogen-bond acceptors (Lipinski definition) is 6. The second kappa shape index (κ2) is 7.08. The first-order valence-electron chi connectivity index (χ1n) is 8.37. The third-order valence-electron chi connectivity index (χ3n) is 4.21. The largest absolute Gasteiger partial charge is 0.367 e. The van der Waals surface area contributed by atoms with Gasteiger partial charge in [0.15, 0.2) is 5.82 Å². The lowest BCUT2D eigenvalue weighted by atomic mass is 10.2. The van der Waals surface area contributed by atoms with Crippen LogP contribution < -0.4 is 0 Å². The van der Waals surface area contributed by atoms with Gasteiger partial charge in [0, 0.05) is 32.0 Å². The number of aromatic nitrogens is 5. The highest BCUT2D eigenvalue weighted by Crippen LogP contribution is 2.21. The van der Waals surface area contributed by atoms with Crippen LogP contribution in [-0.4, -0.2) is 49.7 Å². The van der Waals surface area contributed by atoms with Gasteiger partial charge in [-0.15, -0.1) is 0 Å². The lowest BCUT2D eigenvalue weighted by molar-refractivity contribution is -0.0371. The molecule has 3 aromatic heterocycles. The highest BCUT2D eigenvalue weighted by molar-refractivity contribution is 5.53. The van der Waals surface area contributed by atoms with Gasteiger partial charge in [0.05, 0.1) is 18.0 Å². The van der Waals surface area contributed by atoms with Crippen LogP contribution in [0.2, 0.25) is 0 Å². The number of H-pyrrole nitrogens is 1. The van der Waals surface area contributed by atoms with Crippen LogP contribution in [0.3, 0.4) is 0 Å². The molecule has 1 aliphatic rings. The van der Waals surface area contributed by atoms with E-state index in [1.165, 1.54) is 5.56 Å². The zero-order chi connectivity index (χ0) is 17.1.